The molecule has 0 saturated carbocycles. The summed E-state index contributed by atoms with van der Waals surface area (Å²) in [6.07, 6.45) is 0. The van der Waals surface area contributed by atoms with Gasteiger partial charge in [-0.05, 0) is 42.8 Å². The molecule has 3 atom stereocenters. The largest absolute Gasteiger partial charge is 0.491 e. The van der Waals surface area contributed by atoms with E-state index in [1.165, 1.54) is 17.0 Å². The first kappa shape index (κ1) is 20.9. The summed E-state index contributed by atoms with van der Waals surface area (Å²) < 4.78 is 19.2. The van der Waals surface area contributed by atoms with E-state index in [2.05, 4.69) is 5.32 Å². The van der Waals surface area contributed by atoms with E-state index in [1.54, 1.807) is 61.5 Å². The predicted molar refractivity (Wildman–Crippen MR) is 118 cm³/mol. The number of imide groups is 1. The zero-order chi connectivity index (χ0) is 23.1. The van der Waals surface area contributed by atoms with E-state index in [0.29, 0.717) is 28.0 Å². The highest BCUT2D eigenvalue weighted by molar-refractivity contribution is 6.21. The fourth-order valence-corrected chi connectivity index (χ4v) is 4.45. The van der Waals surface area contributed by atoms with E-state index in [0.717, 1.165) is 0 Å². The summed E-state index contributed by atoms with van der Waals surface area (Å²) in [6.45, 7) is 1.81. The van der Waals surface area contributed by atoms with Crippen molar-refractivity contribution in [3.8, 4) is 5.75 Å². The fourth-order valence-electron chi connectivity index (χ4n) is 4.45. The number of amides is 3. The number of hydrogen-bond acceptors (Lipinski definition) is 4. The van der Waals surface area contributed by atoms with Crippen molar-refractivity contribution in [3.05, 3.63) is 101 Å². The highest BCUT2D eigenvalue weighted by Crippen LogP contribution is 2.40. The van der Waals surface area contributed by atoms with Crippen molar-refractivity contribution < 1.29 is 23.5 Å². The molecule has 2 heterocycles. The normalized spacial score (nSPS) is 20.0. The van der Waals surface area contributed by atoms with Crippen LogP contribution in [-0.4, -0.2) is 35.3 Å². The number of carbonyl (C=O) groups is 3. The molecule has 3 aromatic carbocycles. The monoisotopic (exact) mass is 444 g/mol. The Morgan fingerprint density at radius 3 is 2.24 bits per heavy atom. The van der Waals surface area contributed by atoms with Gasteiger partial charge in [-0.2, -0.15) is 0 Å². The third-order valence-corrected chi connectivity index (χ3v) is 6.23. The van der Waals surface area contributed by atoms with E-state index in [1.807, 2.05) is 6.07 Å². The summed E-state index contributed by atoms with van der Waals surface area (Å²) in [4.78, 5) is 40.8. The zero-order valence-corrected chi connectivity index (χ0v) is 17.8. The van der Waals surface area contributed by atoms with Gasteiger partial charge in [-0.1, -0.05) is 42.5 Å². The van der Waals surface area contributed by atoms with Crippen LogP contribution in [0, 0.1) is 5.82 Å². The molecule has 7 heteroatoms. The molecule has 166 valence electrons. The van der Waals surface area contributed by atoms with Crippen LogP contribution in [0.25, 0.3) is 0 Å². The minimum atomic E-state index is -0.730. The number of nitrogens with zero attached hydrogens (tertiary/aromatic N) is 1. The summed E-state index contributed by atoms with van der Waals surface area (Å²) in [5.41, 5.74) is 1.99. The molecule has 1 N–H and O–H groups in total. The van der Waals surface area contributed by atoms with E-state index in [4.69, 9.17) is 4.74 Å². The highest BCUT2D eigenvalue weighted by Gasteiger charge is 2.46. The lowest BCUT2D eigenvalue weighted by molar-refractivity contribution is -0.123. The Bertz CT molecular complexity index is 1220. The van der Waals surface area contributed by atoms with Crippen molar-refractivity contribution in [2.24, 2.45) is 0 Å². The second kappa shape index (κ2) is 8.16. The molecular formula is C26H21FN2O4. The molecule has 0 aromatic heterocycles. The molecule has 3 aromatic rings. The number of hydrogen-bond donors (Lipinski definition) is 1. The van der Waals surface area contributed by atoms with Crippen LogP contribution in [0.1, 0.15) is 50.7 Å². The minimum absolute atomic E-state index is 0.0942. The number of carbonyl (C=O) groups excluding carboxylic acids is 3. The molecule has 0 saturated heterocycles. The van der Waals surface area contributed by atoms with Crippen molar-refractivity contribution in [1.29, 1.82) is 0 Å². The topological polar surface area (TPSA) is 75.7 Å². The van der Waals surface area contributed by atoms with Gasteiger partial charge < -0.3 is 10.1 Å². The lowest BCUT2D eigenvalue weighted by atomic mass is 9.93. The van der Waals surface area contributed by atoms with Crippen LogP contribution in [0.4, 0.5) is 4.39 Å². The fraction of sp³-hybridized carbons (Fsp3) is 0.192. The maximum Gasteiger partial charge on any atom is 0.262 e. The van der Waals surface area contributed by atoms with Crippen LogP contribution >= 0.6 is 0 Å². The van der Waals surface area contributed by atoms with Crippen LogP contribution in [0.2, 0.25) is 0 Å². The van der Waals surface area contributed by atoms with Crippen molar-refractivity contribution >= 4 is 17.7 Å². The van der Waals surface area contributed by atoms with Gasteiger partial charge in [0.05, 0.1) is 29.1 Å². The molecule has 6 nitrogen and oxygen atoms in total. The molecule has 2 aliphatic heterocycles. The maximum absolute atomic E-state index is 13.3. The van der Waals surface area contributed by atoms with Gasteiger partial charge in [0.2, 0.25) is 5.91 Å². The summed E-state index contributed by atoms with van der Waals surface area (Å²) in [6, 6.07) is 18.2. The van der Waals surface area contributed by atoms with E-state index >= 15 is 0 Å². The summed E-state index contributed by atoms with van der Waals surface area (Å²) in [5.74, 6) is -1.49. The lowest BCUT2D eigenvalue weighted by Gasteiger charge is -2.38. The quantitative estimate of drug-likeness (QED) is 0.621. The summed E-state index contributed by atoms with van der Waals surface area (Å²) in [7, 11) is 0. The molecular weight excluding hydrogens is 423 g/mol. The first-order valence-electron chi connectivity index (χ1n) is 10.7. The van der Waals surface area contributed by atoms with Crippen molar-refractivity contribution in [1.82, 2.24) is 10.2 Å². The molecule has 2 aliphatic rings. The molecule has 5 rings (SSSR count). The van der Waals surface area contributed by atoms with Gasteiger partial charge in [-0.25, -0.2) is 4.39 Å². The smallest absolute Gasteiger partial charge is 0.262 e. The minimum Gasteiger partial charge on any atom is -0.491 e. The lowest BCUT2D eigenvalue weighted by Crippen LogP contribution is -2.53. The predicted octanol–water partition coefficient (Wildman–Crippen LogP) is 3.84. The SMILES string of the molecule is C[C@H](C(=O)NC1COc2ccccc2C1N1C(=O)c2ccccc2C1=O)c1ccc(F)cc1. The van der Waals surface area contributed by atoms with Crippen LogP contribution in [0.3, 0.4) is 0 Å². The number of halogens is 1. The standard InChI is InChI=1S/C26H21FN2O4/c1-15(16-10-12-17(27)13-11-16)24(30)28-21-14-33-22-9-5-4-8-20(22)23(21)29-25(31)18-6-2-3-7-19(18)26(29)32/h2-13,15,21,23H,14H2,1H3,(H,28,30)/t15-,21?,23?/m0/s1. The zero-order valence-electron chi connectivity index (χ0n) is 17.8. The van der Waals surface area contributed by atoms with Gasteiger partial charge in [0.25, 0.3) is 11.8 Å². The molecule has 33 heavy (non-hydrogen) atoms. The van der Waals surface area contributed by atoms with Gasteiger partial charge in [0, 0.05) is 5.56 Å². The van der Waals surface area contributed by atoms with Crippen LogP contribution in [0.5, 0.6) is 5.75 Å². The molecule has 0 radical (unpaired) electrons. The second-order valence-corrected chi connectivity index (χ2v) is 8.21. The Hall–Kier alpha value is -4.00. The molecule has 0 aliphatic carbocycles. The Labute approximate surface area is 190 Å². The van der Waals surface area contributed by atoms with E-state index in [-0.39, 0.29) is 18.3 Å². The Morgan fingerprint density at radius 2 is 1.58 bits per heavy atom. The molecule has 0 spiro atoms. The number of benzene rings is 3. The third-order valence-electron chi connectivity index (χ3n) is 6.23. The summed E-state index contributed by atoms with van der Waals surface area (Å²) >= 11 is 0. The molecule has 0 fully saturated rings. The highest BCUT2D eigenvalue weighted by atomic mass is 19.1. The van der Waals surface area contributed by atoms with Gasteiger partial charge in [-0.15, -0.1) is 0 Å². The van der Waals surface area contributed by atoms with Gasteiger partial charge in [0.1, 0.15) is 18.2 Å². The maximum atomic E-state index is 13.3. The Kier molecular flexibility index (Phi) is 5.17. The number of nitrogens with one attached hydrogen (secondary N) is 1. The van der Waals surface area contributed by atoms with E-state index < -0.39 is 29.8 Å². The van der Waals surface area contributed by atoms with Crippen LogP contribution in [0.15, 0.2) is 72.8 Å². The molecule has 3 amide bonds. The average Bonchev–Trinajstić information content (AvgIpc) is 3.09. The van der Waals surface area contributed by atoms with Gasteiger partial charge >= 0.3 is 0 Å². The second-order valence-electron chi connectivity index (χ2n) is 8.21. The number of fused-ring (bicyclic) bond motifs is 2. The van der Waals surface area contributed by atoms with Crippen molar-refractivity contribution in [2.75, 3.05) is 6.61 Å². The third kappa shape index (κ3) is 3.55. The van der Waals surface area contributed by atoms with Gasteiger partial charge in [0.15, 0.2) is 0 Å². The summed E-state index contributed by atoms with van der Waals surface area (Å²) in [5, 5.41) is 2.96. The first-order chi connectivity index (χ1) is 16.0. The molecule has 0 bridgehead atoms. The number of para-hydroxylation sites is 1. The van der Waals surface area contributed by atoms with Crippen molar-refractivity contribution in [3.63, 3.8) is 0 Å². The van der Waals surface area contributed by atoms with Crippen molar-refractivity contribution in [2.45, 2.75) is 24.9 Å². The van der Waals surface area contributed by atoms with Crippen LogP contribution in [-0.2, 0) is 4.79 Å². The number of ether oxygens (including phenoxy) is 1. The van der Waals surface area contributed by atoms with Crippen LogP contribution < -0.4 is 10.1 Å². The Balaban J connectivity index is 1.48. The number of rotatable bonds is 4. The first-order valence-corrected chi connectivity index (χ1v) is 10.7. The van der Waals surface area contributed by atoms with Gasteiger partial charge in [-0.3, -0.25) is 19.3 Å². The average molecular weight is 444 g/mol. The molecule has 2 unspecified atom stereocenters. The Morgan fingerprint density at radius 1 is 0.970 bits per heavy atom. The van der Waals surface area contributed by atoms with E-state index in [9.17, 15) is 18.8 Å².